The molecule has 1 aromatic rings. The summed E-state index contributed by atoms with van der Waals surface area (Å²) in [7, 11) is 0. The van der Waals surface area contributed by atoms with Gasteiger partial charge in [0.15, 0.2) is 0 Å². The zero-order valence-electron chi connectivity index (χ0n) is 12.3. The number of amides is 1. The van der Waals surface area contributed by atoms with Crippen LogP contribution >= 0.6 is 0 Å². The van der Waals surface area contributed by atoms with Gasteiger partial charge < -0.3 is 16.2 Å². The number of carbonyl (C=O) groups is 2. The Kier molecular flexibility index (Phi) is 4.16. The highest BCUT2D eigenvalue weighted by molar-refractivity contribution is 5.94. The first-order chi connectivity index (χ1) is 9.82. The van der Waals surface area contributed by atoms with Gasteiger partial charge in [0.05, 0.1) is 0 Å². The number of carboxylic acids is 1. The monoisotopic (exact) mass is 291 g/mol. The topological polar surface area (TPSA) is 105 Å². The SMILES string of the molecule is Cc1cc(C(N)=O)cc(NC2(C(=O)O)CCC(C)CC2)n1. The van der Waals surface area contributed by atoms with Gasteiger partial charge in [-0.05, 0) is 50.7 Å². The normalized spacial score (nSPS) is 25.3. The highest BCUT2D eigenvalue weighted by Gasteiger charge is 2.41. The van der Waals surface area contributed by atoms with Crippen LogP contribution in [0.5, 0.6) is 0 Å². The molecule has 0 bridgehead atoms. The van der Waals surface area contributed by atoms with Crippen molar-refractivity contribution < 1.29 is 14.7 Å². The molecular formula is C15H21N3O3. The van der Waals surface area contributed by atoms with Crippen molar-refractivity contribution in [2.24, 2.45) is 11.7 Å². The van der Waals surface area contributed by atoms with Crippen molar-refractivity contribution in [3.05, 3.63) is 23.4 Å². The summed E-state index contributed by atoms with van der Waals surface area (Å²) in [6.07, 6.45) is 2.80. The third kappa shape index (κ3) is 3.32. The third-order valence-electron chi connectivity index (χ3n) is 4.14. The van der Waals surface area contributed by atoms with E-state index in [-0.39, 0.29) is 0 Å². The second-order valence-corrected chi connectivity index (χ2v) is 5.94. The average Bonchev–Trinajstić information content (AvgIpc) is 2.40. The van der Waals surface area contributed by atoms with Crippen LogP contribution in [0.1, 0.15) is 48.7 Å². The summed E-state index contributed by atoms with van der Waals surface area (Å²) in [5, 5.41) is 12.6. The third-order valence-corrected chi connectivity index (χ3v) is 4.14. The first kappa shape index (κ1) is 15.3. The molecule has 1 aliphatic carbocycles. The molecule has 1 heterocycles. The van der Waals surface area contributed by atoms with Crippen molar-refractivity contribution in [3.8, 4) is 0 Å². The molecular weight excluding hydrogens is 270 g/mol. The predicted octanol–water partition coefficient (Wildman–Crippen LogP) is 1.93. The maximum absolute atomic E-state index is 11.7. The minimum atomic E-state index is -1.01. The fraction of sp³-hybridized carbons (Fsp3) is 0.533. The Labute approximate surface area is 123 Å². The highest BCUT2D eigenvalue weighted by Crippen LogP contribution is 2.34. The predicted molar refractivity (Wildman–Crippen MR) is 79.1 cm³/mol. The first-order valence-electron chi connectivity index (χ1n) is 7.12. The van der Waals surface area contributed by atoms with E-state index in [0.29, 0.717) is 35.8 Å². The molecule has 1 aliphatic rings. The first-order valence-corrected chi connectivity index (χ1v) is 7.12. The number of aryl methyl sites for hydroxylation is 1. The largest absolute Gasteiger partial charge is 0.480 e. The number of aliphatic carboxylic acids is 1. The van der Waals surface area contributed by atoms with E-state index in [9.17, 15) is 14.7 Å². The van der Waals surface area contributed by atoms with E-state index >= 15 is 0 Å². The minimum Gasteiger partial charge on any atom is -0.480 e. The van der Waals surface area contributed by atoms with Crippen LogP contribution in [0.2, 0.25) is 0 Å². The second kappa shape index (κ2) is 5.71. The van der Waals surface area contributed by atoms with Crippen LogP contribution in [0.4, 0.5) is 5.82 Å². The lowest BCUT2D eigenvalue weighted by Crippen LogP contribution is -2.49. The maximum Gasteiger partial charge on any atom is 0.329 e. The van der Waals surface area contributed by atoms with E-state index in [1.165, 1.54) is 6.07 Å². The lowest BCUT2D eigenvalue weighted by atomic mass is 9.77. The number of rotatable bonds is 4. The number of carbonyl (C=O) groups excluding carboxylic acids is 1. The lowest BCUT2D eigenvalue weighted by Gasteiger charge is -2.36. The van der Waals surface area contributed by atoms with Crippen LogP contribution < -0.4 is 11.1 Å². The molecule has 1 saturated carbocycles. The Balaban J connectivity index is 2.29. The second-order valence-electron chi connectivity index (χ2n) is 5.94. The molecule has 0 atom stereocenters. The summed E-state index contributed by atoms with van der Waals surface area (Å²) in [6, 6.07) is 3.10. The Morgan fingerprint density at radius 2 is 2.00 bits per heavy atom. The summed E-state index contributed by atoms with van der Waals surface area (Å²) in [4.78, 5) is 27.3. The highest BCUT2D eigenvalue weighted by atomic mass is 16.4. The Bertz CT molecular complexity index is 563. The zero-order valence-corrected chi connectivity index (χ0v) is 12.3. The van der Waals surface area contributed by atoms with Gasteiger partial charge in [0.2, 0.25) is 5.91 Å². The molecule has 0 unspecified atom stereocenters. The molecule has 4 N–H and O–H groups in total. The Morgan fingerprint density at radius 1 is 1.38 bits per heavy atom. The van der Waals surface area contributed by atoms with Crippen LogP contribution in [0, 0.1) is 12.8 Å². The van der Waals surface area contributed by atoms with Crippen molar-refractivity contribution in [2.45, 2.75) is 45.1 Å². The smallest absolute Gasteiger partial charge is 0.329 e. The van der Waals surface area contributed by atoms with Gasteiger partial charge >= 0.3 is 5.97 Å². The summed E-state index contributed by atoms with van der Waals surface area (Å²) in [6.45, 7) is 3.87. The number of hydrogen-bond acceptors (Lipinski definition) is 4. The van der Waals surface area contributed by atoms with Crippen LogP contribution in [0.25, 0.3) is 0 Å². The summed E-state index contributed by atoms with van der Waals surface area (Å²) >= 11 is 0. The van der Waals surface area contributed by atoms with Crippen molar-refractivity contribution in [1.82, 2.24) is 4.98 Å². The van der Waals surface area contributed by atoms with Gasteiger partial charge in [-0.2, -0.15) is 0 Å². The Hall–Kier alpha value is -2.11. The van der Waals surface area contributed by atoms with Gasteiger partial charge in [-0.25, -0.2) is 9.78 Å². The number of anilines is 1. The number of primary amides is 1. The number of aromatic nitrogens is 1. The molecule has 1 fully saturated rings. The molecule has 0 aliphatic heterocycles. The van der Waals surface area contributed by atoms with E-state index in [4.69, 9.17) is 5.73 Å². The maximum atomic E-state index is 11.7. The molecule has 0 radical (unpaired) electrons. The van der Waals surface area contributed by atoms with Gasteiger partial charge in [0.1, 0.15) is 11.4 Å². The summed E-state index contributed by atoms with van der Waals surface area (Å²) < 4.78 is 0. The van der Waals surface area contributed by atoms with Gasteiger partial charge in [-0.3, -0.25) is 4.79 Å². The van der Waals surface area contributed by atoms with Crippen molar-refractivity contribution in [1.29, 1.82) is 0 Å². The molecule has 2 rings (SSSR count). The van der Waals surface area contributed by atoms with Gasteiger partial charge in [-0.1, -0.05) is 6.92 Å². The average molecular weight is 291 g/mol. The number of nitrogens with two attached hydrogens (primary N) is 1. The molecule has 0 spiro atoms. The molecule has 6 heteroatoms. The fourth-order valence-electron chi connectivity index (χ4n) is 2.77. The quantitative estimate of drug-likeness (QED) is 0.786. The standard InChI is InChI=1S/C15H21N3O3/c1-9-3-5-15(6-4-9,14(20)21)18-12-8-11(13(16)19)7-10(2)17-12/h7-9H,3-6H2,1-2H3,(H2,16,19)(H,17,18)(H,20,21). The van der Waals surface area contributed by atoms with Crippen molar-refractivity contribution in [3.63, 3.8) is 0 Å². The van der Waals surface area contributed by atoms with Gasteiger partial charge in [0, 0.05) is 11.3 Å². The van der Waals surface area contributed by atoms with Crippen LogP contribution in [0.3, 0.4) is 0 Å². The summed E-state index contributed by atoms with van der Waals surface area (Å²) in [5.74, 6) is -0.504. The number of carboxylic acid groups (broad SMARTS) is 1. The molecule has 1 aromatic heterocycles. The van der Waals surface area contributed by atoms with E-state index in [2.05, 4.69) is 17.2 Å². The number of pyridine rings is 1. The fourth-order valence-corrected chi connectivity index (χ4v) is 2.77. The minimum absolute atomic E-state index is 0.328. The van der Waals surface area contributed by atoms with Crippen molar-refractivity contribution >= 4 is 17.7 Å². The number of nitrogens with one attached hydrogen (secondary N) is 1. The molecule has 21 heavy (non-hydrogen) atoms. The van der Waals surface area contributed by atoms with Crippen LogP contribution in [-0.2, 0) is 4.79 Å². The van der Waals surface area contributed by atoms with Crippen LogP contribution in [-0.4, -0.2) is 27.5 Å². The Morgan fingerprint density at radius 3 is 2.52 bits per heavy atom. The molecule has 0 saturated heterocycles. The number of nitrogens with zero attached hydrogens (tertiary/aromatic N) is 1. The van der Waals surface area contributed by atoms with E-state index in [1.54, 1.807) is 13.0 Å². The molecule has 6 nitrogen and oxygen atoms in total. The molecule has 1 amide bonds. The van der Waals surface area contributed by atoms with Crippen molar-refractivity contribution in [2.75, 3.05) is 5.32 Å². The van der Waals surface area contributed by atoms with E-state index < -0.39 is 17.4 Å². The van der Waals surface area contributed by atoms with Gasteiger partial charge in [0.25, 0.3) is 0 Å². The molecule has 114 valence electrons. The van der Waals surface area contributed by atoms with E-state index in [1.807, 2.05) is 0 Å². The number of hydrogen-bond donors (Lipinski definition) is 3. The zero-order chi connectivity index (χ0) is 15.6. The van der Waals surface area contributed by atoms with Crippen LogP contribution in [0.15, 0.2) is 12.1 Å². The van der Waals surface area contributed by atoms with Gasteiger partial charge in [-0.15, -0.1) is 0 Å². The summed E-state index contributed by atoms with van der Waals surface area (Å²) in [5.41, 5.74) is 5.23. The van der Waals surface area contributed by atoms with E-state index in [0.717, 1.165) is 12.8 Å². The molecule has 0 aromatic carbocycles. The lowest BCUT2D eigenvalue weighted by molar-refractivity contribution is -0.143.